The highest BCUT2D eigenvalue weighted by molar-refractivity contribution is 7.91. The molecule has 0 aliphatic heterocycles. The van der Waals surface area contributed by atoms with Crippen molar-refractivity contribution in [1.29, 1.82) is 4.78 Å². The first-order valence-electron chi connectivity index (χ1n) is 8.31. The summed E-state index contributed by atoms with van der Waals surface area (Å²) in [5.74, 6) is -0.354. The lowest BCUT2D eigenvalue weighted by Crippen LogP contribution is -2.17. The molecule has 3 rings (SSSR count). The zero-order valence-corrected chi connectivity index (χ0v) is 17.3. The largest absolute Gasteiger partial charge is 0.496 e. The van der Waals surface area contributed by atoms with Crippen LogP contribution in [0.4, 0.5) is 14.6 Å². The van der Waals surface area contributed by atoms with Crippen molar-refractivity contribution in [3.8, 4) is 5.75 Å². The summed E-state index contributed by atoms with van der Waals surface area (Å²) in [5, 5.41) is 3.06. The third-order valence-electron chi connectivity index (χ3n) is 4.16. The van der Waals surface area contributed by atoms with Crippen molar-refractivity contribution in [2.24, 2.45) is 0 Å². The highest BCUT2D eigenvalue weighted by Gasteiger charge is 2.25. The number of nitrogens with zero attached hydrogens (tertiary/aromatic N) is 2. The lowest BCUT2D eigenvalue weighted by molar-refractivity contribution is 0.404. The fraction of sp³-hybridized carbons (Fsp3) is 0.222. The fourth-order valence-electron chi connectivity index (χ4n) is 2.68. The molecule has 2 heterocycles. The van der Waals surface area contributed by atoms with Crippen molar-refractivity contribution < 1.29 is 17.7 Å². The molecule has 3 N–H and O–H groups in total. The van der Waals surface area contributed by atoms with Gasteiger partial charge in [-0.15, -0.1) is 0 Å². The van der Waals surface area contributed by atoms with E-state index in [2.05, 4.69) is 20.3 Å². The average molecular weight is 442 g/mol. The van der Waals surface area contributed by atoms with E-state index in [0.29, 0.717) is 11.4 Å². The molecule has 0 unspecified atom stereocenters. The number of anilines is 1. The van der Waals surface area contributed by atoms with Crippen LogP contribution in [-0.4, -0.2) is 32.5 Å². The highest BCUT2D eigenvalue weighted by atomic mass is 35.5. The van der Waals surface area contributed by atoms with Gasteiger partial charge in [-0.2, -0.15) is 0 Å². The van der Waals surface area contributed by atoms with Crippen molar-refractivity contribution in [2.45, 2.75) is 18.0 Å². The van der Waals surface area contributed by atoms with Crippen LogP contribution in [-0.2, 0) is 9.73 Å². The Kier molecular flexibility index (Phi) is 5.76. The van der Waals surface area contributed by atoms with Crippen LogP contribution >= 0.6 is 11.6 Å². The van der Waals surface area contributed by atoms with Gasteiger partial charge in [-0.3, -0.25) is 0 Å². The van der Waals surface area contributed by atoms with Gasteiger partial charge in [-0.05, 0) is 25.1 Å². The van der Waals surface area contributed by atoms with Crippen LogP contribution in [0.1, 0.15) is 23.1 Å². The van der Waals surface area contributed by atoms with E-state index in [9.17, 15) is 13.0 Å². The molecule has 29 heavy (non-hydrogen) atoms. The second kappa shape index (κ2) is 7.96. The van der Waals surface area contributed by atoms with Crippen LogP contribution in [0, 0.1) is 23.3 Å². The van der Waals surface area contributed by atoms with Gasteiger partial charge in [0.25, 0.3) is 0 Å². The summed E-state index contributed by atoms with van der Waals surface area (Å²) in [7, 11) is -1.67. The number of halogens is 3. The lowest BCUT2D eigenvalue weighted by atomic mass is 10.0. The summed E-state index contributed by atoms with van der Waals surface area (Å²) in [6, 6.07) is 4.40. The van der Waals surface area contributed by atoms with Crippen LogP contribution in [0.5, 0.6) is 5.75 Å². The van der Waals surface area contributed by atoms with Crippen molar-refractivity contribution in [1.82, 2.24) is 15.0 Å². The van der Waals surface area contributed by atoms with Gasteiger partial charge in [-0.1, -0.05) is 11.6 Å². The van der Waals surface area contributed by atoms with Crippen LogP contribution in [0.15, 0.2) is 35.5 Å². The van der Waals surface area contributed by atoms with Gasteiger partial charge in [0.1, 0.15) is 40.1 Å². The number of aryl methyl sites for hydroxylation is 1. The maximum Gasteiger partial charge on any atom is 0.145 e. The Balaban J connectivity index is 2.15. The zero-order chi connectivity index (χ0) is 21.3. The zero-order valence-electron chi connectivity index (χ0n) is 15.7. The highest BCUT2D eigenvalue weighted by Crippen LogP contribution is 2.35. The van der Waals surface area contributed by atoms with Gasteiger partial charge in [-0.25, -0.2) is 27.7 Å². The Labute approximate surface area is 171 Å². The van der Waals surface area contributed by atoms with Crippen LogP contribution in [0.3, 0.4) is 0 Å². The van der Waals surface area contributed by atoms with Crippen molar-refractivity contribution in [3.05, 3.63) is 64.2 Å². The molecule has 2 atom stereocenters. The molecule has 0 fully saturated rings. The number of H-pyrrole nitrogens is 1. The van der Waals surface area contributed by atoms with Gasteiger partial charge < -0.3 is 15.0 Å². The summed E-state index contributed by atoms with van der Waals surface area (Å²) < 4.78 is 52.6. The molecule has 0 radical (unpaired) electrons. The van der Waals surface area contributed by atoms with E-state index >= 15 is 0 Å². The van der Waals surface area contributed by atoms with E-state index in [4.69, 9.17) is 21.1 Å². The number of hydrogen-bond acceptors (Lipinski definition) is 6. The van der Waals surface area contributed by atoms with Crippen molar-refractivity contribution in [2.75, 3.05) is 18.7 Å². The summed E-state index contributed by atoms with van der Waals surface area (Å²) >= 11 is 5.97. The standard InChI is InChI=1S/C18H18ClF2N5O2S/c1-9-12(20)4-5-15(24-9)25-17(18-23-8-16(26-18)29(3,22)27)10-6-11(19)13(21)7-14(10)28-2/h4-8,17,22H,1-3H3,(H,23,26)(H,24,25)/t17-,29-/m1/s1. The van der Waals surface area contributed by atoms with E-state index in [1.165, 1.54) is 44.7 Å². The van der Waals surface area contributed by atoms with E-state index in [-0.39, 0.29) is 27.3 Å². The number of rotatable bonds is 6. The number of benzene rings is 1. The second-order valence-electron chi connectivity index (χ2n) is 6.33. The predicted octanol–water partition coefficient (Wildman–Crippen LogP) is 4.29. The summed E-state index contributed by atoms with van der Waals surface area (Å²) in [4.78, 5) is 11.2. The van der Waals surface area contributed by atoms with Crippen LogP contribution in [0.25, 0.3) is 0 Å². The Morgan fingerprint density at radius 1 is 1.31 bits per heavy atom. The molecule has 1 aromatic carbocycles. The monoisotopic (exact) mass is 441 g/mol. The third kappa shape index (κ3) is 4.48. The molecule has 0 saturated heterocycles. The summed E-state index contributed by atoms with van der Waals surface area (Å²) in [5.41, 5.74) is 0.594. The third-order valence-corrected chi connectivity index (χ3v) is 5.50. The van der Waals surface area contributed by atoms with E-state index < -0.39 is 27.4 Å². The molecule has 0 bridgehead atoms. The van der Waals surface area contributed by atoms with Gasteiger partial charge in [0.05, 0.1) is 33.8 Å². The fourth-order valence-corrected chi connectivity index (χ4v) is 3.40. The maximum atomic E-state index is 13.9. The topological polar surface area (TPSA) is 104 Å². The molecule has 0 amide bonds. The molecule has 0 aliphatic rings. The first-order valence-corrected chi connectivity index (χ1v) is 10.7. The number of imidazole rings is 1. The van der Waals surface area contributed by atoms with Gasteiger partial charge in [0, 0.05) is 17.9 Å². The summed E-state index contributed by atoms with van der Waals surface area (Å²) in [6.07, 6.45) is 2.55. The predicted molar refractivity (Wildman–Crippen MR) is 106 cm³/mol. The Morgan fingerprint density at radius 3 is 2.62 bits per heavy atom. The maximum absolute atomic E-state index is 13.9. The lowest BCUT2D eigenvalue weighted by Gasteiger charge is -2.21. The number of hydrogen-bond donors (Lipinski definition) is 3. The SMILES string of the molecule is COc1cc(F)c(Cl)cc1[C@@H](Nc1ccc(F)c(C)n1)c1ncc([S@](C)(=N)=O)[nH]1. The minimum absolute atomic E-state index is 0.120. The number of nitrogens with one attached hydrogen (secondary N) is 3. The molecule has 0 spiro atoms. The Hall–Kier alpha value is -2.72. The number of pyridine rings is 1. The van der Waals surface area contributed by atoms with Gasteiger partial charge in [0.2, 0.25) is 0 Å². The summed E-state index contributed by atoms with van der Waals surface area (Å²) in [6.45, 7) is 1.52. The van der Waals surface area contributed by atoms with E-state index in [0.717, 1.165) is 6.07 Å². The second-order valence-corrected chi connectivity index (χ2v) is 8.86. The van der Waals surface area contributed by atoms with Crippen LogP contribution in [0.2, 0.25) is 5.02 Å². The number of ether oxygens (including phenoxy) is 1. The normalized spacial score (nSPS) is 14.3. The molecule has 11 heteroatoms. The first-order chi connectivity index (χ1) is 13.6. The first kappa shape index (κ1) is 21.0. The number of methoxy groups -OCH3 is 1. The van der Waals surface area contributed by atoms with E-state index in [1.807, 2.05) is 0 Å². The molecule has 154 valence electrons. The molecule has 3 aromatic rings. The number of aromatic nitrogens is 3. The van der Waals surface area contributed by atoms with Gasteiger partial charge >= 0.3 is 0 Å². The average Bonchev–Trinajstić information content (AvgIpc) is 3.15. The van der Waals surface area contributed by atoms with Crippen molar-refractivity contribution >= 4 is 27.1 Å². The molecule has 2 aromatic heterocycles. The Morgan fingerprint density at radius 2 is 2.03 bits per heavy atom. The molecule has 0 aliphatic carbocycles. The van der Waals surface area contributed by atoms with Crippen molar-refractivity contribution in [3.63, 3.8) is 0 Å². The molecular weight excluding hydrogens is 424 g/mol. The Bertz CT molecular complexity index is 1170. The van der Waals surface area contributed by atoms with E-state index in [1.54, 1.807) is 0 Å². The molecular formula is C18H18ClF2N5O2S. The minimum Gasteiger partial charge on any atom is -0.496 e. The quantitative estimate of drug-likeness (QED) is 0.529. The minimum atomic E-state index is -3.04. The number of aromatic amines is 1. The molecule has 7 nitrogen and oxygen atoms in total. The van der Waals surface area contributed by atoms with Gasteiger partial charge in [0.15, 0.2) is 0 Å². The smallest absolute Gasteiger partial charge is 0.145 e. The van der Waals surface area contributed by atoms with Crippen LogP contribution < -0.4 is 10.1 Å². The molecule has 0 saturated carbocycles.